The van der Waals surface area contributed by atoms with E-state index in [1.165, 1.54) is 18.2 Å². The summed E-state index contributed by atoms with van der Waals surface area (Å²) >= 11 is 0. The highest BCUT2D eigenvalue weighted by atomic mass is 19.4. The second-order valence-corrected chi connectivity index (χ2v) is 6.38. The highest BCUT2D eigenvalue weighted by molar-refractivity contribution is 5.90. The Balaban J connectivity index is 2.73. The Morgan fingerprint density at radius 3 is 2.28 bits per heavy atom. The molecule has 7 heteroatoms. The first-order valence-electron chi connectivity index (χ1n) is 8.64. The minimum atomic E-state index is -4.51. The summed E-state index contributed by atoms with van der Waals surface area (Å²) < 4.78 is 38.9. The summed E-state index contributed by atoms with van der Waals surface area (Å²) in [5.74, 6) is 0.460. The SMILES string of the molecule is CCN(CC)[C@H](CNC(=O)Nc1ccccc1C(F)(F)F)CC(C)C. The van der Waals surface area contributed by atoms with Gasteiger partial charge in [-0.3, -0.25) is 4.90 Å². The molecular weight excluding hydrogens is 331 g/mol. The van der Waals surface area contributed by atoms with E-state index in [1.54, 1.807) is 0 Å². The highest BCUT2D eigenvalue weighted by Crippen LogP contribution is 2.34. The lowest BCUT2D eigenvalue weighted by molar-refractivity contribution is -0.136. The number of hydrogen-bond acceptors (Lipinski definition) is 2. The molecule has 1 rings (SSSR count). The molecule has 0 aliphatic rings. The van der Waals surface area contributed by atoms with Crippen LogP contribution in [-0.4, -0.2) is 36.6 Å². The average Bonchev–Trinajstić information content (AvgIpc) is 2.52. The minimum Gasteiger partial charge on any atom is -0.336 e. The fourth-order valence-corrected chi connectivity index (χ4v) is 2.86. The first-order valence-corrected chi connectivity index (χ1v) is 8.64. The third-order valence-electron chi connectivity index (χ3n) is 4.05. The maximum atomic E-state index is 13.0. The normalized spacial score (nSPS) is 13.2. The predicted molar refractivity (Wildman–Crippen MR) is 94.6 cm³/mol. The first kappa shape index (κ1) is 21.3. The smallest absolute Gasteiger partial charge is 0.336 e. The van der Waals surface area contributed by atoms with Gasteiger partial charge in [-0.2, -0.15) is 13.2 Å². The molecule has 0 aliphatic heterocycles. The zero-order valence-corrected chi connectivity index (χ0v) is 15.3. The third-order valence-corrected chi connectivity index (χ3v) is 4.05. The number of benzene rings is 1. The van der Waals surface area contributed by atoms with E-state index in [4.69, 9.17) is 0 Å². The molecule has 0 bridgehead atoms. The van der Waals surface area contributed by atoms with Gasteiger partial charge in [0.1, 0.15) is 0 Å². The van der Waals surface area contributed by atoms with Crippen LogP contribution in [0.15, 0.2) is 24.3 Å². The Kier molecular flexibility index (Phi) is 8.22. The van der Waals surface area contributed by atoms with E-state index in [0.29, 0.717) is 12.5 Å². The van der Waals surface area contributed by atoms with E-state index in [9.17, 15) is 18.0 Å². The lowest BCUT2D eigenvalue weighted by Gasteiger charge is -2.31. The van der Waals surface area contributed by atoms with Crippen molar-refractivity contribution in [1.82, 2.24) is 10.2 Å². The Bertz CT molecular complexity index is 543. The number of likely N-dealkylation sites (N-methyl/N-ethyl adjacent to an activating group) is 1. The second kappa shape index (κ2) is 9.65. The van der Waals surface area contributed by atoms with E-state index >= 15 is 0 Å². The molecule has 0 saturated carbocycles. The summed E-state index contributed by atoms with van der Waals surface area (Å²) in [6.45, 7) is 10.4. The van der Waals surface area contributed by atoms with Crippen molar-refractivity contribution >= 4 is 11.7 Å². The molecule has 0 fully saturated rings. The van der Waals surface area contributed by atoms with Crippen molar-refractivity contribution < 1.29 is 18.0 Å². The van der Waals surface area contributed by atoms with E-state index in [0.717, 1.165) is 25.6 Å². The molecule has 0 unspecified atom stereocenters. The van der Waals surface area contributed by atoms with Crippen LogP contribution in [0, 0.1) is 5.92 Å². The van der Waals surface area contributed by atoms with Gasteiger partial charge in [-0.05, 0) is 37.6 Å². The molecular formula is C18H28F3N3O. The quantitative estimate of drug-likeness (QED) is 0.713. The summed E-state index contributed by atoms with van der Waals surface area (Å²) in [5, 5.41) is 5.02. The maximum Gasteiger partial charge on any atom is 0.418 e. The van der Waals surface area contributed by atoms with Gasteiger partial charge in [0, 0.05) is 12.6 Å². The maximum absolute atomic E-state index is 13.0. The van der Waals surface area contributed by atoms with E-state index < -0.39 is 17.8 Å². The van der Waals surface area contributed by atoms with Crippen molar-refractivity contribution in [3.8, 4) is 0 Å². The number of carbonyl (C=O) groups excluding carboxylic acids is 1. The number of alkyl halides is 3. The number of rotatable bonds is 8. The zero-order valence-electron chi connectivity index (χ0n) is 15.3. The van der Waals surface area contributed by atoms with Crippen LogP contribution >= 0.6 is 0 Å². The van der Waals surface area contributed by atoms with Crippen LogP contribution in [0.25, 0.3) is 0 Å². The molecule has 0 spiro atoms. The van der Waals surface area contributed by atoms with Gasteiger partial charge in [0.15, 0.2) is 0 Å². The van der Waals surface area contributed by atoms with Crippen LogP contribution < -0.4 is 10.6 Å². The minimum absolute atomic E-state index is 0.151. The largest absolute Gasteiger partial charge is 0.418 e. The van der Waals surface area contributed by atoms with Gasteiger partial charge in [0.05, 0.1) is 11.3 Å². The molecule has 25 heavy (non-hydrogen) atoms. The molecule has 0 aromatic heterocycles. The number of para-hydroxylation sites is 1. The topological polar surface area (TPSA) is 44.4 Å². The molecule has 0 radical (unpaired) electrons. The lowest BCUT2D eigenvalue weighted by atomic mass is 10.0. The van der Waals surface area contributed by atoms with Gasteiger partial charge in [-0.15, -0.1) is 0 Å². The van der Waals surface area contributed by atoms with Crippen LogP contribution in [0.1, 0.15) is 39.7 Å². The fraction of sp³-hybridized carbons (Fsp3) is 0.611. The molecule has 2 N–H and O–H groups in total. The third kappa shape index (κ3) is 6.94. The van der Waals surface area contributed by atoms with Gasteiger partial charge >= 0.3 is 12.2 Å². The number of urea groups is 1. The van der Waals surface area contributed by atoms with Crippen LogP contribution in [0.5, 0.6) is 0 Å². The van der Waals surface area contributed by atoms with E-state index in [2.05, 4.69) is 43.2 Å². The number of amides is 2. The zero-order chi connectivity index (χ0) is 19.0. The Morgan fingerprint density at radius 2 is 1.76 bits per heavy atom. The Morgan fingerprint density at radius 1 is 1.16 bits per heavy atom. The predicted octanol–water partition coefficient (Wildman–Crippen LogP) is 4.58. The number of hydrogen-bond donors (Lipinski definition) is 2. The molecule has 2 amide bonds. The molecule has 0 saturated heterocycles. The Hall–Kier alpha value is -1.76. The van der Waals surface area contributed by atoms with Crippen LogP contribution in [0.3, 0.4) is 0 Å². The first-order chi connectivity index (χ1) is 11.7. The molecule has 4 nitrogen and oxygen atoms in total. The number of anilines is 1. The Labute approximate surface area is 147 Å². The van der Waals surface area contributed by atoms with Crippen molar-refractivity contribution in [2.24, 2.45) is 5.92 Å². The number of halogens is 3. The highest BCUT2D eigenvalue weighted by Gasteiger charge is 2.33. The van der Waals surface area contributed by atoms with Crippen LogP contribution in [0.4, 0.5) is 23.7 Å². The molecule has 1 atom stereocenters. The van der Waals surface area contributed by atoms with E-state index in [1.807, 2.05) is 0 Å². The van der Waals surface area contributed by atoms with Crippen molar-refractivity contribution in [2.75, 3.05) is 25.0 Å². The van der Waals surface area contributed by atoms with Crippen molar-refractivity contribution in [2.45, 2.75) is 46.3 Å². The van der Waals surface area contributed by atoms with Gasteiger partial charge in [-0.25, -0.2) is 4.79 Å². The number of carbonyl (C=O) groups is 1. The van der Waals surface area contributed by atoms with Crippen molar-refractivity contribution in [1.29, 1.82) is 0 Å². The van der Waals surface area contributed by atoms with Crippen molar-refractivity contribution in [3.05, 3.63) is 29.8 Å². The lowest BCUT2D eigenvalue weighted by Crippen LogP contribution is -2.45. The summed E-state index contributed by atoms with van der Waals surface area (Å²) in [6, 6.07) is 4.48. The van der Waals surface area contributed by atoms with Gasteiger partial charge in [0.2, 0.25) is 0 Å². The van der Waals surface area contributed by atoms with Gasteiger partial charge in [-0.1, -0.05) is 39.8 Å². The second-order valence-electron chi connectivity index (χ2n) is 6.38. The standard InChI is InChI=1S/C18H28F3N3O/c1-5-24(6-2)14(11-13(3)4)12-22-17(25)23-16-10-8-7-9-15(16)18(19,20)21/h7-10,13-14H,5-6,11-12H2,1-4H3,(H2,22,23,25)/t14-/m0/s1. The van der Waals surface area contributed by atoms with Crippen molar-refractivity contribution in [3.63, 3.8) is 0 Å². The number of nitrogens with zero attached hydrogens (tertiary/aromatic N) is 1. The van der Waals surface area contributed by atoms with Crippen LogP contribution in [0.2, 0.25) is 0 Å². The van der Waals surface area contributed by atoms with Gasteiger partial charge < -0.3 is 10.6 Å². The monoisotopic (exact) mass is 359 g/mol. The molecule has 1 aromatic carbocycles. The van der Waals surface area contributed by atoms with Gasteiger partial charge in [0.25, 0.3) is 0 Å². The van der Waals surface area contributed by atoms with Crippen LogP contribution in [-0.2, 0) is 6.18 Å². The molecule has 0 aliphatic carbocycles. The van der Waals surface area contributed by atoms with E-state index in [-0.39, 0.29) is 11.7 Å². The average molecular weight is 359 g/mol. The molecule has 0 heterocycles. The number of nitrogens with one attached hydrogen (secondary N) is 2. The summed E-state index contributed by atoms with van der Waals surface area (Å²) in [4.78, 5) is 14.3. The molecule has 142 valence electrons. The molecule has 1 aromatic rings. The summed E-state index contributed by atoms with van der Waals surface area (Å²) in [6.07, 6.45) is -3.60. The summed E-state index contributed by atoms with van der Waals surface area (Å²) in [7, 11) is 0. The summed E-state index contributed by atoms with van der Waals surface area (Å²) in [5.41, 5.74) is -1.09. The fourth-order valence-electron chi connectivity index (χ4n) is 2.86.